The number of alkyl halides is 3. The molecule has 0 saturated carbocycles. The van der Waals surface area contributed by atoms with Gasteiger partial charge in [-0.1, -0.05) is 0 Å². The Morgan fingerprint density at radius 2 is 1.85 bits per heavy atom. The largest absolute Gasteiger partial charge is 0.418 e. The summed E-state index contributed by atoms with van der Waals surface area (Å²) in [6.45, 7) is 3.89. The van der Waals surface area contributed by atoms with Gasteiger partial charge in [0.05, 0.1) is 29.0 Å². The third-order valence-corrected chi connectivity index (χ3v) is 3.04. The zero-order chi connectivity index (χ0) is 15.3. The average molecular weight is 288 g/mol. The van der Waals surface area contributed by atoms with Crippen LogP contribution in [0.5, 0.6) is 0 Å². The standard InChI is InChI=1S/C12H15F3N4O/c1-11(2)5-19(10(20)18-11)9-4-7(16)6(3-8(9)17)12(13,14)15/h3-4H,5,16-17H2,1-2H3,(H,18,20). The summed E-state index contributed by atoms with van der Waals surface area (Å²) in [5.41, 5.74) is 9.16. The number of rotatable bonds is 1. The molecule has 0 aromatic heterocycles. The first-order valence-electron chi connectivity index (χ1n) is 5.87. The number of hydrogen-bond acceptors (Lipinski definition) is 3. The van der Waals surface area contributed by atoms with Gasteiger partial charge in [0.25, 0.3) is 0 Å². The Hall–Kier alpha value is -2.12. The van der Waals surface area contributed by atoms with E-state index in [1.54, 1.807) is 13.8 Å². The Kier molecular flexibility index (Phi) is 2.99. The molecule has 1 saturated heterocycles. The van der Waals surface area contributed by atoms with Gasteiger partial charge in [-0.2, -0.15) is 13.2 Å². The van der Waals surface area contributed by atoms with Gasteiger partial charge in [-0.25, -0.2) is 4.79 Å². The second-order valence-corrected chi connectivity index (χ2v) is 5.40. The molecule has 8 heteroatoms. The van der Waals surface area contributed by atoms with Crippen molar-refractivity contribution < 1.29 is 18.0 Å². The van der Waals surface area contributed by atoms with Crippen molar-refractivity contribution in [3.63, 3.8) is 0 Å². The maximum absolute atomic E-state index is 12.7. The molecule has 1 aromatic rings. The molecule has 0 spiro atoms. The van der Waals surface area contributed by atoms with Crippen molar-refractivity contribution in [3.05, 3.63) is 17.7 Å². The first-order valence-corrected chi connectivity index (χ1v) is 5.87. The van der Waals surface area contributed by atoms with Crippen LogP contribution in [0.2, 0.25) is 0 Å². The minimum atomic E-state index is -4.58. The molecule has 0 unspecified atom stereocenters. The highest BCUT2D eigenvalue weighted by Crippen LogP contribution is 2.39. The molecule has 1 aliphatic heterocycles. The average Bonchev–Trinajstić information content (AvgIpc) is 2.53. The van der Waals surface area contributed by atoms with Crippen LogP contribution < -0.4 is 21.7 Å². The van der Waals surface area contributed by atoms with E-state index >= 15 is 0 Å². The predicted octanol–water partition coefficient (Wildman–Crippen LogP) is 2.18. The summed E-state index contributed by atoms with van der Waals surface area (Å²) in [6.07, 6.45) is -4.58. The monoisotopic (exact) mass is 288 g/mol. The Bertz CT molecular complexity index is 569. The van der Waals surface area contributed by atoms with Gasteiger partial charge in [0, 0.05) is 5.69 Å². The lowest BCUT2D eigenvalue weighted by molar-refractivity contribution is -0.136. The van der Waals surface area contributed by atoms with Crippen molar-refractivity contribution in [1.82, 2.24) is 5.32 Å². The summed E-state index contributed by atoms with van der Waals surface area (Å²) < 4.78 is 38.1. The lowest BCUT2D eigenvalue weighted by Crippen LogP contribution is -2.36. The van der Waals surface area contributed by atoms with Crippen molar-refractivity contribution >= 4 is 23.1 Å². The SMILES string of the molecule is CC1(C)CN(c2cc(N)c(C(F)(F)F)cc2N)C(=O)N1. The third kappa shape index (κ3) is 2.45. The van der Waals surface area contributed by atoms with Gasteiger partial charge in [-0.3, -0.25) is 4.90 Å². The van der Waals surface area contributed by atoms with Gasteiger partial charge in [-0.15, -0.1) is 0 Å². The number of benzene rings is 1. The lowest BCUT2D eigenvalue weighted by atomic mass is 10.1. The van der Waals surface area contributed by atoms with Crippen LogP contribution >= 0.6 is 0 Å². The van der Waals surface area contributed by atoms with E-state index in [1.165, 1.54) is 4.90 Å². The number of anilines is 3. The topological polar surface area (TPSA) is 84.4 Å². The van der Waals surface area contributed by atoms with Crippen LogP contribution in [0, 0.1) is 0 Å². The fourth-order valence-corrected chi connectivity index (χ4v) is 2.16. The second-order valence-electron chi connectivity index (χ2n) is 5.40. The van der Waals surface area contributed by atoms with Crippen molar-refractivity contribution in [2.75, 3.05) is 22.9 Å². The van der Waals surface area contributed by atoms with Gasteiger partial charge in [-0.05, 0) is 26.0 Å². The first-order chi connectivity index (χ1) is 9.01. The van der Waals surface area contributed by atoms with Gasteiger partial charge in [0.15, 0.2) is 0 Å². The summed E-state index contributed by atoms with van der Waals surface area (Å²) >= 11 is 0. The van der Waals surface area contributed by atoms with Crippen LogP contribution in [0.3, 0.4) is 0 Å². The Balaban J connectivity index is 2.45. The summed E-state index contributed by atoms with van der Waals surface area (Å²) in [5.74, 6) is 0. The number of carbonyl (C=O) groups is 1. The second kappa shape index (κ2) is 4.19. The minimum absolute atomic E-state index is 0.139. The Morgan fingerprint density at radius 1 is 1.25 bits per heavy atom. The molecule has 0 atom stereocenters. The Morgan fingerprint density at radius 3 is 2.30 bits per heavy atom. The molecular weight excluding hydrogens is 273 g/mol. The summed E-state index contributed by atoms with van der Waals surface area (Å²) in [7, 11) is 0. The number of nitrogens with two attached hydrogens (primary N) is 2. The molecule has 1 aliphatic rings. The maximum atomic E-state index is 12.7. The number of nitrogens with one attached hydrogen (secondary N) is 1. The highest BCUT2D eigenvalue weighted by molar-refractivity contribution is 5.98. The van der Waals surface area contributed by atoms with Crippen molar-refractivity contribution in [3.8, 4) is 0 Å². The van der Waals surface area contributed by atoms with E-state index < -0.39 is 29.0 Å². The molecule has 1 heterocycles. The van der Waals surface area contributed by atoms with E-state index in [0.29, 0.717) is 6.54 Å². The predicted molar refractivity (Wildman–Crippen MR) is 70.2 cm³/mol. The summed E-state index contributed by atoms with van der Waals surface area (Å²) in [4.78, 5) is 13.1. The molecule has 0 radical (unpaired) electrons. The van der Waals surface area contributed by atoms with Gasteiger partial charge >= 0.3 is 12.2 Å². The molecular formula is C12H15F3N4O. The quantitative estimate of drug-likeness (QED) is 0.692. The van der Waals surface area contributed by atoms with Crippen LogP contribution in [-0.4, -0.2) is 18.1 Å². The minimum Gasteiger partial charge on any atom is -0.398 e. The lowest BCUT2D eigenvalue weighted by Gasteiger charge is -2.21. The molecule has 2 rings (SSSR count). The number of amides is 2. The van der Waals surface area contributed by atoms with Gasteiger partial charge in [0.1, 0.15) is 0 Å². The molecule has 0 bridgehead atoms. The van der Waals surface area contributed by atoms with Crippen LogP contribution in [0.1, 0.15) is 19.4 Å². The number of hydrogen-bond donors (Lipinski definition) is 3. The van der Waals surface area contributed by atoms with E-state index in [-0.39, 0.29) is 11.4 Å². The summed E-state index contributed by atoms with van der Waals surface area (Å²) in [6, 6.07) is 1.42. The van der Waals surface area contributed by atoms with E-state index in [0.717, 1.165) is 12.1 Å². The van der Waals surface area contributed by atoms with Gasteiger partial charge < -0.3 is 16.8 Å². The smallest absolute Gasteiger partial charge is 0.398 e. The van der Waals surface area contributed by atoms with E-state index in [4.69, 9.17) is 11.5 Å². The van der Waals surface area contributed by atoms with Crippen molar-refractivity contribution in [1.29, 1.82) is 0 Å². The fourth-order valence-electron chi connectivity index (χ4n) is 2.16. The molecule has 0 aliphatic carbocycles. The Labute approximate surface area is 113 Å². The number of urea groups is 1. The highest BCUT2D eigenvalue weighted by atomic mass is 19.4. The fraction of sp³-hybridized carbons (Fsp3) is 0.417. The molecule has 1 aromatic carbocycles. The normalized spacial score (nSPS) is 18.2. The molecule has 110 valence electrons. The zero-order valence-corrected chi connectivity index (χ0v) is 11.0. The maximum Gasteiger partial charge on any atom is 0.418 e. The third-order valence-electron chi connectivity index (χ3n) is 3.04. The molecule has 5 N–H and O–H groups in total. The van der Waals surface area contributed by atoms with E-state index in [2.05, 4.69) is 5.32 Å². The number of carbonyl (C=O) groups excluding carboxylic acids is 1. The highest BCUT2D eigenvalue weighted by Gasteiger charge is 2.38. The van der Waals surface area contributed by atoms with E-state index in [9.17, 15) is 18.0 Å². The zero-order valence-electron chi connectivity index (χ0n) is 11.0. The number of nitrogen functional groups attached to an aromatic ring is 2. The van der Waals surface area contributed by atoms with Crippen LogP contribution in [0.15, 0.2) is 12.1 Å². The molecule has 2 amide bonds. The molecule has 1 fully saturated rings. The van der Waals surface area contributed by atoms with Crippen molar-refractivity contribution in [2.24, 2.45) is 0 Å². The van der Waals surface area contributed by atoms with E-state index in [1.807, 2.05) is 0 Å². The van der Waals surface area contributed by atoms with Crippen LogP contribution in [0.4, 0.5) is 35.0 Å². The van der Waals surface area contributed by atoms with Crippen LogP contribution in [0.25, 0.3) is 0 Å². The number of nitrogens with zero attached hydrogens (tertiary/aromatic N) is 1. The van der Waals surface area contributed by atoms with Crippen LogP contribution in [-0.2, 0) is 6.18 Å². The number of halogens is 3. The summed E-state index contributed by atoms with van der Waals surface area (Å²) in [5, 5.41) is 2.70. The molecule has 20 heavy (non-hydrogen) atoms. The first kappa shape index (κ1) is 14.3. The van der Waals surface area contributed by atoms with Crippen molar-refractivity contribution in [2.45, 2.75) is 25.6 Å². The molecule has 5 nitrogen and oxygen atoms in total. The van der Waals surface area contributed by atoms with Gasteiger partial charge in [0.2, 0.25) is 0 Å².